The summed E-state index contributed by atoms with van der Waals surface area (Å²) < 4.78 is 12.1. The highest BCUT2D eigenvalue weighted by Gasteiger charge is 2.45. The number of nitrogens with zero attached hydrogens (tertiary/aromatic N) is 1. The Labute approximate surface area is 203 Å². The molecular weight excluding hydrogens is 510 g/mol. The van der Waals surface area contributed by atoms with E-state index in [0.29, 0.717) is 56.6 Å². The first-order chi connectivity index (χ1) is 15.8. The van der Waals surface area contributed by atoms with E-state index in [1.165, 1.54) is 4.90 Å². The average molecular weight is 529 g/mol. The normalized spacial score (nSPS) is 19.2. The molecule has 3 aromatic rings. The van der Waals surface area contributed by atoms with Crippen LogP contribution in [-0.2, 0) is 4.79 Å². The van der Waals surface area contributed by atoms with Crippen molar-refractivity contribution in [1.82, 2.24) is 0 Å². The first-order valence-corrected chi connectivity index (χ1v) is 11.5. The van der Waals surface area contributed by atoms with Gasteiger partial charge in [-0.1, -0.05) is 45.7 Å². The fraction of sp³-hybridized carbons (Fsp3) is 0.200. The minimum Gasteiger partial charge on any atom is -0.486 e. The van der Waals surface area contributed by atoms with E-state index >= 15 is 0 Å². The van der Waals surface area contributed by atoms with E-state index in [0.717, 1.165) is 5.56 Å². The summed E-state index contributed by atoms with van der Waals surface area (Å²) in [5.74, 6) is -1.22. The van der Waals surface area contributed by atoms with Gasteiger partial charge in [0.15, 0.2) is 11.5 Å². The van der Waals surface area contributed by atoms with Crippen LogP contribution < -0.4 is 14.4 Å². The van der Waals surface area contributed by atoms with Gasteiger partial charge < -0.3 is 14.6 Å². The minimum absolute atomic E-state index is 0.302. The van der Waals surface area contributed by atoms with E-state index in [-0.39, 0.29) is 5.91 Å². The molecule has 1 N–H and O–H groups in total. The number of ether oxygens (including phenoxy) is 2. The first-order valence-electron chi connectivity index (χ1n) is 10.4. The number of aliphatic carboxylic acids is 1. The van der Waals surface area contributed by atoms with Gasteiger partial charge in [-0.05, 0) is 60.0 Å². The number of hydrogen-bond acceptors (Lipinski definition) is 4. The third-order valence-electron chi connectivity index (χ3n) is 6.00. The fourth-order valence-corrected chi connectivity index (χ4v) is 4.96. The smallest absolute Gasteiger partial charge is 0.313 e. The number of halogens is 2. The van der Waals surface area contributed by atoms with Crippen molar-refractivity contribution in [3.63, 3.8) is 0 Å². The predicted molar refractivity (Wildman–Crippen MR) is 128 cm³/mol. The van der Waals surface area contributed by atoms with Crippen LogP contribution in [0.3, 0.4) is 0 Å². The van der Waals surface area contributed by atoms with Crippen LogP contribution in [0.1, 0.15) is 39.0 Å². The van der Waals surface area contributed by atoms with Crippen LogP contribution in [0.15, 0.2) is 59.1 Å². The summed E-state index contributed by atoms with van der Waals surface area (Å²) in [4.78, 5) is 28.0. The molecule has 0 radical (unpaired) electrons. The van der Waals surface area contributed by atoms with Crippen LogP contribution in [0.25, 0.3) is 0 Å². The van der Waals surface area contributed by atoms with Gasteiger partial charge in [0.2, 0.25) is 0 Å². The van der Waals surface area contributed by atoms with Crippen LogP contribution in [0.4, 0.5) is 5.69 Å². The quantitative estimate of drug-likeness (QED) is 0.468. The molecule has 6 nitrogen and oxygen atoms in total. The third-order valence-corrected chi connectivity index (χ3v) is 6.90. The van der Waals surface area contributed by atoms with E-state index in [1.807, 2.05) is 13.0 Å². The van der Waals surface area contributed by atoms with E-state index in [1.54, 1.807) is 48.5 Å². The van der Waals surface area contributed by atoms with Crippen LogP contribution in [-0.4, -0.2) is 30.2 Å². The lowest BCUT2D eigenvalue weighted by Gasteiger charge is -2.41. The van der Waals surface area contributed by atoms with Gasteiger partial charge in [-0.15, -0.1) is 0 Å². The van der Waals surface area contributed by atoms with Gasteiger partial charge in [-0.25, -0.2) is 0 Å². The van der Waals surface area contributed by atoms with Gasteiger partial charge in [-0.3, -0.25) is 14.5 Å². The average Bonchev–Trinajstić information content (AvgIpc) is 2.80. The molecule has 8 heteroatoms. The summed E-state index contributed by atoms with van der Waals surface area (Å²) >= 11 is 9.80. The zero-order chi connectivity index (χ0) is 23.3. The molecule has 0 aromatic heterocycles. The molecule has 2 heterocycles. The Morgan fingerprint density at radius 2 is 1.82 bits per heavy atom. The Kier molecular flexibility index (Phi) is 5.54. The molecule has 2 unspecified atom stereocenters. The van der Waals surface area contributed by atoms with Gasteiger partial charge in [0.25, 0.3) is 5.91 Å². The Bertz CT molecular complexity index is 1290. The van der Waals surface area contributed by atoms with E-state index in [4.69, 9.17) is 21.1 Å². The maximum Gasteiger partial charge on any atom is 0.313 e. The summed E-state index contributed by atoms with van der Waals surface area (Å²) in [6.07, 6.45) is 0. The number of fused-ring (bicyclic) bond motifs is 2. The molecule has 2 aliphatic heterocycles. The Hall–Kier alpha value is -3.03. The highest BCUT2D eigenvalue weighted by atomic mass is 79.9. The number of rotatable bonds is 3. The van der Waals surface area contributed by atoms with Crippen LogP contribution >= 0.6 is 27.5 Å². The van der Waals surface area contributed by atoms with Crippen molar-refractivity contribution in [2.24, 2.45) is 0 Å². The molecule has 3 aromatic carbocycles. The lowest BCUT2D eigenvalue weighted by molar-refractivity contribution is -0.139. The summed E-state index contributed by atoms with van der Waals surface area (Å²) in [5.41, 5.74) is 2.81. The molecule has 0 aliphatic carbocycles. The Balaban J connectivity index is 1.76. The first kappa shape index (κ1) is 21.8. The highest BCUT2D eigenvalue weighted by molar-refractivity contribution is 9.10. The van der Waals surface area contributed by atoms with Crippen molar-refractivity contribution in [2.45, 2.75) is 18.9 Å². The third kappa shape index (κ3) is 3.75. The number of amides is 1. The van der Waals surface area contributed by atoms with Crippen molar-refractivity contribution in [1.29, 1.82) is 0 Å². The molecule has 33 heavy (non-hydrogen) atoms. The number of hydrogen-bond donors (Lipinski definition) is 1. The van der Waals surface area contributed by atoms with Crippen LogP contribution in [0, 0.1) is 6.92 Å². The number of anilines is 1. The molecule has 0 spiro atoms. The second kappa shape index (κ2) is 8.39. The summed E-state index contributed by atoms with van der Waals surface area (Å²) in [6.45, 7) is 2.72. The van der Waals surface area contributed by atoms with E-state index in [2.05, 4.69) is 15.9 Å². The van der Waals surface area contributed by atoms with Crippen LogP contribution in [0.5, 0.6) is 11.5 Å². The van der Waals surface area contributed by atoms with Gasteiger partial charge >= 0.3 is 5.97 Å². The zero-order valence-corrected chi connectivity index (χ0v) is 19.9. The minimum atomic E-state index is -1.03. The standard InChI is InChI=1S/C25H19BrClNO5/c1-13-2-5-16(12-19(13)27)28-23(14-3-7-20-21(10-14)33-9-8-32-20)22(25(30)31)17-6-4-15(26)11-18(17)24(28)29/h2-7,10-12,22-23H,8-9H2,1H3,(H,30,31). The summed E-state index contributed by atoms with van der Waals surface area (Å²) in [6, 6.07) is 14.9. The number of carboxylic acid groups (broad SMARTS) is 1. The maximum absolute atomic E-state index is 13.8. The molecule has 168 valence electrons. The van der Waals surface area contributed by atoms with Gasteiger partial charge in [0.05, 0.1) is 6.04 Å². The molecule has 0 fully saturated rings. The van der Waals surface area contributed by atoms with Crippen molar-refractivity contribution < 1.29 is 24.2 Å². The predicted octanol–water partition coefficient (Wildman–Crippen LogP) is 5.75. The molecule has 2 aliphatic rings. The highest BCUT2D eigenvalue weighted by Crippen LogP contribution is 2.47. The number of carboxylic acids is 1. The maximum atomic E-state index is 13.8. The summed E-state index contributed by atoms with van der Waals surface area (Å²) in [5, 5.41) is 10.8. The Morgan fingerprint density at radius 1 is 1.06 bits per heavy atom. The second-order valence-corrected chi connectivity index (χ2v) is 9.33. The topological polar surface area (TPSA) is 76.1 Å². The second-order valence-electron chi connectivity index (χ2n) is 8.00. The van der Waals surface area contributed by atoms with Gasteiger partial charge in [0, 0.05) is 20.7 Å². The molecule has 5 rings (SSSR count). The van der Waals surface area contributed by atoms with Crippen molar-refractivity contribution in [3.8, 4) is 11.5 Å². The van der Waals surface area contributed by atoms with Gasteiger partial charge in [-0.2, -0.15) is 0 Å². The number of aryl methyl sites for hydroxylation is 1. The van der Waals surface area contributed by atoms with E-state index < -0.39 is 17.9 Å². The lowest BCUT2D eigenvalue weighted by atomic mass is 9.79. The molecule has 0 saturated carbocycles. The molecule has 1 amide bonds. The van der Waals surface area contributed by atoms with Crippen LogP contribution in [0.2, 0.25) is 5.02 Å². The molecule has 0 saturated heterocycles. The number of carbonyl (C=O) groups is 2. The largest absolute Gasteiger partial charge is 0.486 e. The fourth-order valence-electron chi connectivity index (χ4n) is 4.42. The summed E-state index contributed by atoms with van der Waals surface area (Å²) in [7, 11) is 0. The number of benzene rings is 3. The SMILES string of the molecule is Cc1ccc(N2C(=O)c3cc(Br)ccc3C(C(=O)O)C2c2ccc3c(c2)OCCO3)cc1Cl. The zero-order valence-electron chi connectivity index (χ0n) is 17.5. The molecule has 0 bridgehead atoms. The lowest BCUT2D eigenvalue weighted by Crippen LogP contribution is -2.45. The monoisotopic (exact) mass is 527 g/mol. The van der Waals surface area contributed by atoms with Crippen molar-refractivity contribution >= 4 is 45.1 Å². The van der Waals surface area contributed by atoms with Crippen molar-refractivity contribution in [2.75, 3.05) is 18.1 Å². The Morgan fingerprint density at radius 3 is 2.55 bits per heavy atom. The van der Waals surface area contributed by atoms with Gasteiger partial charge in [0.1, 0.15) is 19.1 Å². The molecule has 2 atom stereocenters. The number of carbonyl (C=O) groups excluding carboxylic acids is 1. The van der Waals surface area contributed by atoms with E-state index in [9.17, 15) is 14.7 Å². The van der Waals surface area contributed by atoms with Crippen molar-refractivity contribution in [3.05, 3.63) is 86.3 Å². The molecular formula is C25H19BrClNO5.